The summed E-state index contributed by atoms with van der Waals surface area (Å²) < 4.78 is 0. The third-order valence-electron chi connectivity index (χ3n) is 4.29. The van der Waals surface area contributed by atoms with E-state index >= 15 is 0 Å². The number of nitrogens with one attached hydrogen (secondary N) is 1. The normalized spacial score (nSPS) is 14.1. The van der Waals surface area contributed by atoms with E-state index in [4.69, 9.17) is 28.9 Å². The third-order valence-corrected chi connectivity index (χ3v) is 4.91. The Morgan fingerprint density at radius 1 is 1.15 bits per heavy atom. The van der Waals surface area contributed by atoms with Gasteiger partial charge < -0.3 is 10.7 Å². The number of nitrogens with zero attached hydrogens (tertiary/aromatic N) is 6. The first-order valence-electron chi connectivity index (χ1n) is 8.08. The van der Waals surface area contributed by atoms with Gasteiger partial charge in [0.25, 0.3) is 5.56 Å². The second-order valence-electron chi connectivity index (χ2n) is 6.07. The lowest BCUT2D eigenvalue weighted by Gasteiger charge is -2.28. The van der Waals surface area contributed by atoms with E-state index in [1.807, 2.05) is 4.90 Å². The van der Waals surface area contributed by atoms with Crippen LogP contribution in [0.25, 0.3) is 11.4 Å². The predicted octanol–water partition coefficient (Wildman–Crippen LogP) is 1.46. The van der Waals surface area contributed by atoms with Crippen molar-refractivity contribution in [1.29, 1.82) is 0 Å². The Kier molecular flexibility index (Phi) is 4.73. The molecule has 3 aromatic heterocycles. The van der Waals surface area contributed by atoms with Crippen molar-refractivity contribution in [3.05, 3.63) is 56.2 Å². The third kappa shape index (κ3) is 3.61. The molecule has 0 saturated carbocycles. The lowest BCUT2D eigenvalue weighted by molar-refractivity contribution is 0.241. The van der Waals surface area contributed by atoms with Crippen LogP contribution in [0, 0.1) is 0 Å². The summed E-state index contributed by atoms with van der Waals surface area (Å²) in [4.78, 5) is 37.8. The minimum Gasteiger partial charge on any atom is -0.368 e. The molecule has 3 N–H and O–H groups in total. The van der Waals surface area contributed by atoms with Crippen molar-refractivity contribution in [2.75, 3.05) is 12.3 Å². The van der Waals surface area contributed by atoms with Crippen LogP contribution in [0.5, 0.6) is 0 Å². The Hall–Kier alpha value is -2.62. The van der Waals surface area contributed by atoms with E-state index in [-0.39, 0.29) is 21.8 Å². The first-order valence-corrected chi connectivity index (χ1v) is 8.84. The number of hydrogen-bond acceptors (Lipinski definition) is 8. The Balaban J connectivity index is 1.60. The number of aromatic nitrogens is 6. The summed E-state index contributed by atoms with van der Waals surface area (Å²) >= 11 is 12.3. The molecule has 0 amide bonds. The van der Waals surface area contributed by atoms with Crippen molar-refractivity contribution in [3.63, 3.8) is 0 Å². The molecule has 27 heavy (non-hydrogen) atoms. The molecule has 0 radical (unpaired) electrons. The Morgan fingerprint density at radius 3 is 2.56 bits per heavy atom. The molecule has 0 bridgehead atoms. The van der Waals surface area contributed by atoms with Gasteiger partial charge in [0.05, 0.1) is 16.8 Å². The summed E-state index contributed by atoms with van der Waals surface area (Å²) in [6.07, 6.45) is 5.26. The largest absolute Gasteiger partial charge is 0.368 e. The molecule has 0 saturated heterocycles. The van der Waals surface area contributed by atoms with Crippen LogP contribution in [0.2, 0.25) is 10.3 Å². The maximum absolute atomic E-state index is 12.6. The van der Waals surface area contributed by atoms with E-state index in [9.17, 15) is 4.79 Å². The van der Waals surface area contributed by atoms with E-state index in [1.54, 1.807) is 12.4 Å². The second-order valence-corrected chi connectivity index (χ2v) is 6.79. The van der Waals surface area contributed by atoms with Crippen LogP contribution in [0.4, 0.5) is 5.95 Å². The number of nitrogens with two attached hydrogens (primary N) is 1. The number of nitrogen functional groups attached to an aromatic ring is 1. The van der Waals surface area contributed by atoms with Gasteiger partial charge in [-0.1, -0.05) is 23.2 Å². The van der Waals surface area contributed by atoms with Gasteiger partial charge in [0, 0.05) is 44.0 Å². The number of H-pyrrole nitrogens is 1. The Bertz CT molecular complexity index is 1030. The topological polar surface area (TPSA) is 127 Å². The van der Waals surface area contributed by atoms with Gasteiger partial charge in [-0.05, 0) is 0 Å². The zero-order chi connectivity index (χ0) is 19.0. The van der Waals surface area contributed by atoms with Crippen LogP contribution in [0.3, 0.4) is 0 Å². The van der Waals surface area contributed by atoms with Gasteiger partial charge in [-0.25, -0.2) is 24.9 Å². The SMILES string of the molecule is Nc1nc(Cl)c(CN2CCc3nc(-c4cncnc4)[nH]c(=O)c3C2)c(Cl)n1. The molecule has 0 unspecified atom stereocenters. The van der Waals surface area contributed by atoms with Gasteiger partial charge in [0.2, 0.25) is 5.95 Å². The minimum absolute atomic E-state index is 0.0239. The Morgan fingerprint density at radius 2 is 1.85 bits per heavy atom. The molecule has 0 aromatic carbocycles. The fourth-order valence-corrected chi connectivity index (χ4v) is 3.49. The fourth-order valence-electron chi connectivity index (χ4n) is 2.97. The van der Waals surface area contributed by atoms with Crippen LogP contribution in [0.15, 0.2) is 23.5 Å². The van der Waals surface area contributed by atoms with Crippen molar-refractivity contribution in [3.8, 4) is 11.4 Å². The van der Waals surface area contributed by atoms with Crippen molar-refractivity contribution in [1.82, 2.24) is 34.8 Å². The highest BCUT2D eigenvalue weighted by molar-refractivity contribution is 6.34. The monoisotopic (exact) mass is 404 g/mol. The highest BCUT2D eigenvalue weighted by Gasteiger charge is 2.23. The summed E-state index contributed by atoms with van der Waals surface area (Å²) in [6, 6.07) is 0. The van der Waals surface area contributed by atoms with Crippen molar-refractivity contribution >= 4 is 29.2 Å². The number of fused-ring (bicyclic) bond motifs is 1. The van der Waals surface area contributed by atoms with Gasteiger partial charge in [-0.2, -0.15) is 0 Å². The maximum Gasteiger partial charge on any atom is 0.255 e. The molecular weight excluding hydrogens is 391 g/mol. The predicted molar refractivity (Wildman–Crippen MR) is 100 cm³/mol. The van der Waals surface area contributed by atoms with Crippen molar-refractivity contribution < 1.29 is 0 Å². The number of aromatic amines is 1. The van der Waals surface area contributed by atoms with Gasteiger partial charge in [-0.15, -0.1) is 0 Å². The Labute approximate surface area is 163 Å². The minimum atomic E-state index is -0.186. The molecule has 1 aliphatic heterocycles. The number of halogens is 2. The summed E-state index contributed by atoms with van der Waals surface area (Å²) in [5.74, 6) is 0.488. The average Bonchev–Trinajstić information content (AvgIpc) is 2.65. The van der Waals surface area contributed by atoms with Crippen LogP contribution < -0.4 is 11.3 Å². The molecule has 4 heterocycles. The molecule has 0 fully saturated rings. The molecule has 9 nitrogen and oxygen atoms in total. The molecule has 138 valence electrons. The second kappa shape index (κ2) is 7.18. The summed E-state index contributed by atoms with van der Waals surface area (Å²) in [7, 11) is 0. The van der Waals surface area contributed by atoms with Gasteiger partial charge in [0.1, 0.15) is 22.5 Å². The fraction of sp³-hybridized carbons (Fsp3) is 0.250. The summed E-state index contributed by atoms with van der Waals surface area (Å²) in [5.41, 5.74) is 7.98. The quantitative estimate of drug-likeness (QED) is 0.628. The number of rotatable bonds is 3. The highest BCUT2D eigenvalue weighted by atomic mass is 35.5. The van der Waals surface area contributed by atoms with Gasteiger partial charge >= 0.3 is 0 Å². The zero-order valence-corrected chi connectivity index (χ0v) is 15.5. The first kappa shape index (κ1) is 17.8. The van der Waals surface area contributed by atoms with Crippen LogP contribution in [-0.4, -0.2) is 41.3 Å². The van der Waals surface area contributed by atoms with E-state index < -0.39 is 0 Å². The standard InChI is InChI=1S/C16H14Cl2N8O/c17-12-10(13(18)24-16(19)23-12)6-26-2-1-11-9(5-26)15(27)25-14(22-11)8-3-20-7-21-4-8/h3-4,7H,1-2,5-6H2,(H2,19,23,24)(H,22,25,27). The van der Waals surface area contributed by atoms with Crippen LogP contribution in [0.1, 0.15) is 16.8 Å². The lowest BCUT2D eigenvalue weighted by Crippen LogP contribution is -2.35. The summed E-state index contributed by atoms with van der Waals surface area (Å²) in [6.45, 7) is 1.51. The molecule has 1 aliphatic rings. The number of anilines is 1. The number of hydrogen-bond donors (Lipinski definition) is 2. The molecule has 4 rings (SSSR count). The molecular formula is C16H14Cl2N8O. The maximum atomic E-state index is 12.6. The van der Waals surface area contributed by atoms with E-state index in [2.05, 4.69) is 29.9 Å². The van der Waals surface area contributed by atoms with E-state index in [0.717, 1.165) is 5.69 Å². The van der Waals surface area contributed by atoms with Gasteiger partial charge in [-0.3, -0.25) is 9.69 Å². The van der Waals surface area contributed by atoms with Crippen LogP contribution in [-0.2, 0) is 19.5 Å². The van der Waals surface area contributed by atoms with E-state index in [0.29, 0.717) is 48.6 Å². The van der Waals surface area contributed by atoms with Crippen molar-refractivity contribution in [2.45, 2.75) is 19.5 Å². The molecule has 0 aliphatic carbocycles. The smallest absolute Gasteiger partial charge is 0.255 e. The first-order chi connectivity index (χ1) is 13.0. The lowest BCUT2D eigenvalue weighted by atomic mass is 10.1. The van der Waals surface area contributed by atoms with Gasteiger partial charge in [0.15, 0.2) is 0 Å². The zero-order valence-electron chi connectivity index (χ0n) is 14.0. The average molecular weight is 405 g/mol. The van der Waals surface area contributed by atoms with E-state index in [1.165, 1.54) is 6.33 Å². The van der Waals surface area contributed by atoms with Crippen LogP contribution >= 0.6 is 23.2 Å². The summed E-state index contributed by atoms with van der Waals surface area (Å²) in [5, 5.41) is 0.425. The molecule has 0 atom stereocenters. The molecule has 11 heteroatoms. The highest BCUT2D eigenvalue weighted by Crippen LogP contribution is 2.26. The molecule has 0 spiro atoms. The van der Waals surface area contributed by atoms with Crippen molar-refractivity contribution in [2.24, 2.45) is 0 Å². The molecule has 3 aromatic rings.